The summed E-state index contributed by atoms with van der Waals surface area (Å²) in [6.07, 6.45) is 0. The molecule has 7 heteroatoms. The maximum atomic E-state index is 14.1. The van der Waals surface area contributed by atoms with Gasteiger partial charge in [0.15, 0.2) is 0 Å². The molecule has 1 saturated heterocycles. The normalized spacial score (nSPS) is 16.1. The van der Waals surface area contributed by atoms with Gasteiger partial charge in [-0.1, -0.05) is 24.3 Å². The molecule has 0 radical (unpaired) electrons. The minimum Gasteiger partial charge on any atom is -0.297 e. The fraction of sp³-hybridized carbons (Fsp3) is 0.333. The van der Waals surface area contributed by atoms with Gasteiger partial charge in [-0.05, 0) is 27.6 Å². The molecule has 1 heterocycles. The molecule has 0 bridgehead atoms. The average Bonchev–Trinajstić information content (AvgIpc) is 2.61. The quantitative estimate of drug-likeness (QED) is 0.558. The summed E-state index contributed by atoms with van der Waals surface area (Å²) in [5.41, 5.74) is 1.89. The van der Waals surface area contributed by atoms with E-state index in [9.17, 15) is 14.5 Å². The lowest BCUT2D eigenvalue weighted by atomic mass is 10.1. The molecule has 1 aliphatic heterocycles. The number of non-ortho nitro benzene ring substituents is 1. The van der Waals surface area contributed by atoms with Gasteiger partial charge >= 0.3 is 0 Å². The highest BCUT2D eigenvalue weighted by atomic mass is 79.9. The maximum Gasteiger partial charge on any atom is 0.269 e. The molecule has 1 aliphatic rings. The number of nitrogens with zero attached hydrogens (tertiary/aromatic N) is 3. The van der Waals surface area contributed by atoms with Gasteiger partial charge in [-0.25, -0.2) is 4.39 Å². The highest BCUT2D eigenvalue weighted by Gasteiger charge is 2.19. The largest absolute Gasteiger partial charge is 0.297 e. The van der Waals surface area contributed by atoms with Gasteiger partial charge in [0.2, 0.25) is 0 Å². The molecule has 0 unspecified atom stereocenters. The molecule has 3 rings (SSSR count). The van der Waals surface area contributed by atoms with Gasteiger partial charge in [0, 0.05) is 57.0 Å². The third-order valence-corrected chi connectivity index (χ3v) is 5.06. The number of piperazine rings is 1. The Bertz CT molecular complexity index is 746. The Kier molecular flexibility index (Phi) is 5.78. The van der Waals surface area contributed by atoms with Crippen LogP contribution < -0.4 is 0 Å². The Hall–Kier alpha value is -1.83. The summed E-state index contributed by atoms with van der Waals surface area (Å²) in [5, 5.41) is 10.7. The van der Waals surface area contributed by atoms with Crippen LogP contribution >= 0.6 is 15.9 Å². The van der Waals surface area contributed by atoms with Crippen molar-refractivity contribution in [2.75, 3.05) is 26.2 Å². The van der Waals surface area contributed by atoms with Crippen LogP contribution in [0.4, 0.5) is 10.1 Å². The molecule has 1 fully saturated rings. The van der Waals surface area contributed by atoms with Gasteiger partial charge in [0.25, 0.3) is 5.69 Å². The lowest BCUT2D eigenvalue weighted by Gasteiger charge is -2.34. The highest BCUT2D eigenvalue weighted by Crippen LogP contribution is 2.21. The van der Waals surface area contributed by atoms with Gasteiger partial charge in [0.05, 0.1) is 9.40 Å². The summed E-state index contributed by atoms with van der Waals surface area (Å²) in [5.74, 6) is -0.184. The molecule has 0 spiro atoms. The average molecular weight is 408 g/mol. The molecule has 2 aromatic rings. The SMILES string of the molecule is O=[N+]([O-])c1ccc(CN2CCN(Cc3cccc(Br)c3F)CC2)cc1. The van der Waals surface area contributed by atoms with Crippen molar-refractivity contribution in [1.29, 1.82) is 0 Å². The van der Waals surface area contributed by atoms with Crippen LogP contribution in [0.2, 0.25) is 0 Å². The topological polar surface area (TPSA) is 49.6 Å². The molecule has 25 heavy (non-hydrogen) atoms. The number of rotatable bonds is 5. The van der Waals surface area contributed by atoms with Crippen molar-refractivity contribution in [2.24, 2.45) is 0 Å². The molecule has 0 aromatic heterocycles. The smallest absolute Gasteiger partial charge is 0.269 e. The van der Waals surface area contributed by atoms with Crippen molar-refractivity contribution in [3.63, 3.8) is 0 Å². The molecule has 0 atom stereocenters. The lowest BCUT2D eigenvalue weighted by Crippen LogP contribution is -2.45. The minimum atomic E-state index is -0.385. The van der Waals surface area contributed by atoms with E-state index in [-0.39, 0.29) is 16.4 Å². The van der Waals surface area contributed by atoms with Crippen molar-refractivity contribution >= 4 is 21.6 Å². The van der Waals surface area contributed by atoms with Crippen LogP contribution in [0.15, 0.2) is 46.9 Å². The van der Waals surface area contributed by atoms with Gasteiger partial charge in [-0.3, -0.25) is 19.9 Å². The zero-order valence-electron chi connectivity index (χ0n) is 13.7. The van der Waals surface area contributed by atoms with E-state index in [1.165, 1.54) is 0 Å². The number of benzene rings is 2. The van der Waals surface area contributed by atoms with E-state index in [1.54, 1.807) is 30.3 Å². The van der Waals surface area contributed by atoms with Gasteiger partial charge in [-0.15, -0.1) is 0 Å². The Balaban J connectivity index is 1.51. The molecular weight excluding hydrogens is 389 g/mol. The fourth-order valence-corrected chi connectivity index (χ4v) is 3.41. The van der Waals surface area contributed by atoms with Crippen LogP contribution in [-0.4, -0.2) is 40.9 Å². The molecule has 2 aromatic carbocycles. The Labute approximate surface area is 154 Å². The molecule has 5 nitrogen and oxygen atoms in total. The van der Waals surface area contributed by atoms with Crippen molar-refractivity contribution in [3.05, 3.63) is 74.0 Å². The molecule has 0 N–H and O–H groups in total. The fourth-order valence-electron chi connectivity index (χ4n) is 3.00. The van der Waals surface area contributed by atoms with Crippen LogP contribution in [-0.2, 0) is 13.1 Å². The zero-order valence-corrected chi connectivity index (χ0v) is 15.3. The second kappa shape index (κ2) is 8.03. The molecular formula is C18H19BrFN3O2. The van der Waals surface area contributed by atoms with Crippen LogP contribution in [0, 0.1) is 15.9 Å². The van der Waals surface area contributed by atoms with E-state index in [0.717, 1.165) is 38.3 Å². The van der Waals surface area contributed by atoms with Crippen LogP contribution in [0.1, 0.15) is 11.1 Å². The van der Waals surface area contributed by atoms with Crippen molar-refractivity contribution in [2.45, 2.75) is 13.1 Å². The Morgan fingerprint density at radius 3 is 2.20 bits per heavy atom. The maximum absolute atomic E-state index is 14.1. The number of nitro groups is 1. The molecule has 0 aliphatic carbocycles. The number of halogens is 2. The first-order chi connectivity index (χ1) is 12.0. The van der Waals surface area contributed by atoms with E-state index < -0.39 is 0 Å². The first-order valence-corrected chi connectivity index (χ1v) is 8.93. The summed E-state index contributed by atoms with van der Waals surface area (Å²) < 4.78 is 14.6. The second-order valence-electron chi connectivity index (χ2n) is 6.19. The van der Waals surface area contributed by atoms with Crippen LogP contribution in [0.25, 0.3) is 0 Å². The van der Waals surface area contributed by atoms with Crippen molar-refractivity contribution in [1.82, 2.24) is 9.80 Å². The first kappa shape index (κ1) is 18.0. The zero-order chi connectivity index (χ0) is 17.8. The molecule has 0 saturated carbocycles. The Morgan fingerprint density at radius 1 is 1.00 bits per heavy atom. The summed E-state index contributed by atoms with van der Waals surface area (Å²) >= 11 is 3.23. The van der Waals surface area contributed by atoms with E-state index in [4.69, 9.17) is 0 Å². The standard InChI is InChI=1S/C18H19BrFN3O2/c19-17-3-1-2-15(18(17)20)13-22-10-8-21(9-11-22)12-14-4-6-16(7-5-14)23(24)25/h1-7H,8-13H2. The second-order valence-corrected chi connectivity index (χ2v) is 7.04. The van der Waals surface area contributed by atoms with E-state index in [2.05, 4.69) is 25.7 Å². The third-order valence-electron chi connectivity index (χ3n) is 4.44. The van der Waals surface area contributed by atoms with Crippen LogP contribution in [0.5, 0.6) is 0 Å². The summed E-state index contributed by atoms with van der Waals surface area (Å²) in [7, 11) is 0. The minimum absolute atomic E-state index is 0.115. The van der Waals surface area contributed by atoms with Gasteiger partial charge < -0.3 is 0 Å². The van der Waals surface area contributed by atoms with E-state index in [0.29, 0.717) is 16.6 Å². The summed E-state index contributed by atoms with van der Waals surface area (Å²) in [4.78, 5) is 14.9. The third kappa shape index (κ3) is 4.62. The number of hydrogen-bond acceptors (Lipinski definition) is 4. The van der Waals surface area contributed by atoms with Crippen molar-refractivity contribution in [3.8, 4) is 0 Å². The predicted molar refractivity (Wildman–Crippen MR) is 97.8 cm³/mol. The van der Waals surface area contributed by atoms with E-state index in [1.807, 2.05) is 12.1 Å². The number of hydrogen-bond donors (Lipinski definition) is 0. The first-order valence-electron chi connectivity index (χ1n) is 8.14. The Morgan fingerprint density at radius 2 is 1.60 bits per heavy atom. The molecule has 132 valence electrons. The monoisotopic (exact) mass is 407 g/mol. The predicted octanol–water partition coefficient (Wildman–Crippen LogP) is 3.81. The van der Waals surface area contributed by atoms with Crippen LogP contribution in [0.3, 0.4) is 0 Å². The summed E-state index contributed by atoms with van der Waals surface area (Å²) in [6.45, 7) is 4.92. The van der Waals surface area contributed by atoms with Gasteiger partial charge in [0.1, 0.15) is 5.82 Å². The lowest BCUT2D eigenvalue weighted by molar-refractivity contribution is -0.384. The number of nitro benzene ring substituents is 1. The summed E-state index contributed by atoms with van der Waals surface area (Å²) in [6, 6.07) is 12.1. The van der Waals surface area contributed by atoms with Gasteiger partial charge in [-0.2, -0.15) is 0 Å². The molecule has 0 amide bonds. The van der Waals surface area contributed by atoms with E-state index >= 15 is 0 Å². The van der Waals surface area contributed by atoms with Crippen molar-refractivity contribution < 1.29 is 9.31 Å². The highest BCUT2D eigenvalue weighted by molar-refractivity contribution is 9.10.